The summed E-state index contributed by atoms with van der Waals surface area (Å²) in [6.07, 6.45) is 0.474. The van der Waals surface area contributed by atoms with E-state index < -0.39 is 6.09 Å². The number of hydrogen-bond donors (Lipinski definition) is 0. The second-order valence-corrected chi connectivity index (χ2v) is 7.30. The van der Waals surface area contributed by atoms with Crippen molar-refractivity contribution in [3.05, 3.63) is 34.9 Å². The number of thioether (sulfide) groups is 1. The summed E-state index contributed by atoms with van der Waals surface area (Å²) in [5.41, 5.74) is 1.14. The molecule has 1 atom stereocenters. The van der Waals surface area contributed by atoms with Gasteiger partial charge in [0.1, 0.15) is 13.2 Å². The third-order valence-electron chi connectivity index (χ3n) is 4.12. The topological polar surface area (TPSA) is 49.9 Å². The van der Waals surface area contributed by atoms with Gasteiger partial charge in [0, 0.05) is 29.1 Å². The molecule has 2 aliphatic heterocycles. The second kappa shape index (κ2) is 7.45. The minimum Gasteiger partial charge on any atom is -0.448 e. The molecule has 5 nitrogen and oxygen atoms in total. The van der Waals surface area contributed by atoms with Crippen molar-refractivity contribution in [2.75, 3.05) is 38.5 Å². The van der Waals surface area contributed by atoms with Gasteiger partial charge in [-0.2, -0.15) is 11.8 Å². The van der Waals surface area contributed by atoms with Crippen LogP contribution in [0.2, 0.25) is 5.02 Å². The molecule has 0 spiro atoms. The molecule has 7 heteroatoms. The fourth-order valence-electron chi connectivity index (χ4n) is 2.84. The van der Waals surface area contributed by atoms with Gasteiger partial charge < -0.3 is 9.64 Å². The van der Waals surface area contributed by atoms with E-state index in [1.54, 1.807) is 0 Å². The molecule has 1 unspecified atom stereocenters. The van der Waals surface area contributed by atoms with Gasteiger partial charge in [0.2, 0.25) is 5.91 Å². The lowest BCUT2D eigenvalue weighted by molar-refractivity contribution is -0.131. The Hall–Kier alpha value is -1.40. The standard InChI is InChI=1S/C16H19ClN2O3S/c17-13-4-2-1-3-12(13)14-5-6-18(8-10-23-14)15(20)11-19-7-9-22-16(19)21/h1-4,14H,5-11H2. The van der Waals surface area contributed by atoms with Gasteiger partial charge in [0.05, 0.1) is 6.54 Å². The Morgan fingerprint density at radius 3 is 2.87 bits per heavy atom. The van der Waals surface area contributed by atoms with Gasteiger partial charge in [-0.1, -0.05) is 29.8 Å². The minimum atomic E-state index is -0.392. The van der Waals surface area contributed by atoms with Crippen molar-refractivity contribution in [3.63, 3.8) is 0 Å². The number of benzene rings is 1. The smallest absolute Gasteiger partial charge is 0.410 e. The summed E-state index contributed by atoms with van der Waals surface area (Å²) >= 11 is 8.12. The van der Waals surface area contributed by atoms with E-state index in [1.807, 2.05) is 34.9 Å². The normalized spacial score (nSPS) is 22.0. The van der Waals surface area contributed by atoms with Gasteiger partial charge in [-0.3, -0.25) is 9.69 Å². The molecule has 1 aromatic rings. The highest BCUT2D eigenvalue weighted by molar-refractivity contribution is 7.99. The lowest BCUT2D eigenvalue weighted by atomic mass is 10.1. The van der Waals surface area contributed by atoms with E-state index in [2.05, 4.69) is 6.07 Å². The van der Waals surface area contributed by atoms with E-state index in [4.69, 9.17) is 16.3 Å². The van der Waals surface area contributed by atoms with Crippen LogP contribution in [0, 0.1) is 0 Å². The monoisotopic (exact) mass is 354 g/mol. The van der Waals surface area contributed by atoms with E-state index in [1.165, 1.54) is 4.90 Å². The first-order chi connectivity index (χ1) is 11.1. The predicted octanol–water partition coefficient (Wildman–Crippen LogP) is 2.80. The molecule has 124 valence electrons. The van der Waals surface area contributed by atoms with Crippen molar-refractivity contribution < 1.29 is 14.3 Å². The quantitative estimate of drug-likeness (QED) is 0.837. The highest BCUT2D eigenvalue weighted by Gasteiger charge is 2.28. The summed E-state index contributed by atoms with van der Waals surface area (Å²) < 4.78 is 4.86. The van der Waals surface area contributed by atoms with Gasteiger partial charge in [0.25, 0.3) is 0 Å². The summed E-state index contributed by atoms with van der Waals surface area (Å²) in [6, 6.07) is 7.88. The first kappa shape index (κ1) is 16.5. The van der Waals surface area contributed by atoms with Gasteiger partial charge >= 0.3 is 6.09 Å². The largest absolute Gasteiger partial charge is 0.448 e. The Labute approximate surface area is 144 Å². The highest BCUT2D eigenvalue weighted by Crippen LogP contribution is 2.37. The van der Waals surface area contributed by atoms with Crippen LogP contribution in [-0.2, 0) is 9.53 Å². The van der Waals surface area contributed by atoms with Crippen molar-refractivity contribution in [3.8, 4) is 0 Å². The predicted molar refractivity (Wildman–Crippen MR) is 90.8 cm³/mol. The Balaban J connectivity index is 1.59. The number of ether oxygens (including phenoxy) is 1. The maximum atomic E-state index is 12.4. The molecule has 23 heavy (non-hydrogen) atoms. The van der Waals surface area contributed by atoms with Crippen LogP contribution in [0.3, 0.4) is 0 Å². The molecule has 2 aliphatic rings. The molecule has 2 fully saturated rings. The molecule has 0 bridgehead atoms. The summed E-state index contributed by atoms with van der Waals surface area (Å²) in [5.74, 6) is 0.857. The lowest BCUT2D eigenvalue weighted by Crippen LogP contribution is -2.41. The summed E-state index contributed by atoms with van der Waals surface area (Å²) in [6.45, 7) is 2.37. The van der Waals surface area contributed by atoms with Gasteiger partial charge in [-0.25, -0.2) is 4.79 Å². The van der Waals surface area contributed by atoms with Crippen LogP contribution < -0.4 is 0 Å². The molecule has 2 saturated heterocycles. The number of carbonyl (C=O) groups is 2. The Kier molecular flexibility index (Phi) is 5.33. The van der Waals surface area contributed by atoms with E-state index >= 15 is 0 Å². The molecule has 1 aromatic carbocycles. The maximum Gasteiger partial charge on any atom is 0.410 e. The molecule has 0 N–H and O–H groups in total. The zero-order valence-electron chi connectivity index (χ0n) is 12.7. The van der Waals surface area contributed by atoms with Crippen LogP contribution in [0.4, 0.5) is 4.79 Å². The van der Waals surface area contributed by atoms with E-state index in [-0.39, 0.29) is 12.5 Å². The molecule has 0 aromatic heterocycles. The highest BCUT2D eigenvalue weighted by atomic mass is 35.5. The SMILES string of the molecule is O=C(CN1CCOC1=O)N1CCSC(c2ccccc2Cl)CC1. The molecule has 2 heterocycles. The van der Waals surface area contributed by atoms with Crippen molar-refractivity contribution in [2.45, 2.75) is 11.7 Å². The molecular weight excluding hydrogens is 336 g/mol. The lowest BCUT2D eigenvalue weighted by Gasteiger charge is -2.22. The number of rotatable bonds is 3. The van der Waals surface area contributed by atoms with Crippen LogP contribution in [0.5, 0.6) is 0 Å². The molecule has 0 radical (unpaired) electrons. The van der Waals surface area contributed by atoms with E-state index in [9.17, 15) is 9.59 Å². The Morgan fingerprint density at radius 2 is 2.13 bits per heavy atom. The van der Waals surface area contributed by atoms with Crippen LogP contribution >= 0.6 is 23.4 Å². The fraction of sp³-hybridized carbons (Fsp3) is 0.500. The van der Waals surface area contributed by atoms with Crippen LogP contribution in [0.15, 0.2) is 24.3 Å². The van der Waals surface area contributed by atoms with Crippen LogP contribution in [0.1, 0.15) is 17.2 Å². The van der Waals surface area contributed by atoms with Gasteiger partial charge in [-0.15, -0.1) is 0 Å². The average molecular weight is 355 g/mol. The number of cyclic esters (lactones) is 1. The van der Waals surface area contributed by atoms with Crippen molar-refractivity contribution >= 4 is 35.4 Å². The second-order valence-electron chi connectivity index (χ2n) is 5.59. The average Bonchev–Trinajstić information content (AvgIpc) is 2.81. The van der Waals surface area contributed by atoms with Crippen molar-refractivity contribution in [1.82, 2.24) is 9.80 Å². The molecular formula is C16H19ClN2O3S. The molecule has 0 aliphatic carbocycles. The molecule has 0 saturated carbocycles. The summed E-state index contributed by atoms with van der Waals surface area (Å²) in [4.78, 5) is 27.2. The maximum absolute atomic E-state index is 12.4. The van der Waals surface area contributed by atoms with Crippen LogP contribution in [-0.4, -0.2) is 60.3 Å². The third-order valence-corrected chi connectivity index (χ3v) is 5.77. The van der Waals surface area contributed by atoms with E-state index in [0.717, 1.165) is 22.8 Å². The Bertz CT molecular complexity index is 598. The Morgan fingerprint density at radius 1 is 1.30 bits per heavy atom. The van der Waals surface area contributed by atoms with Gasteiger partial charge in [-0.05, 0) is 18.1 Å². The van der Waals surface area contributed by atoms with E-state index in [0.29, 0.717) is 31.5 Å². The fourth-order valence-corrected chi connectivity index (χ4v) is 4.44. The van der Waals surface area contributed by atoms with Crippen molar-refractivity contribution in [2.24, 2.45) is 0 Å². The van der Waals surface area contributed by atoms with Crippen molar-refractivity contribution in [1.29, 1.82) is 0 Å². The summed E-state index contributed by atoms with van der Waals surface area (Å²) in [5, 5.41) is 1.09. The molecule has 3 rings (SSSR count). The minimum absolute atomic E-state index is 0.00995. The third kappa shape index (κ3) is 3.93. The summed E-state index contributed by atoms with van der Waals surface area (Å²) in [7, 11) is 0. The zero-order valence-corrected chi connectivity index (χ0v) is 14.3. The first-order valence-corrected chi connectivity index (χ1v) is 9.13. The molecule has 2 amide bonds. The van der Waals surface area contributed by atoms with Crippen LogP contribution in [0.25, 0.3) is 0 Å². The number of amides is 2. The number of halogens is 1. The zero-order chi connectivity index (χ0) is 16.2. The number of nitrogens with zero attached hydrogens (tertiary/aromatic N) is 2. The van der Waals surface area contributed by atoms with Gasteiger partial charge in [0.15, 0.2) is 0 Å². The number of carbonyl (C=O) groups excluding carboxylic acids is 2. The number of hydrogen-bond acceptors (Lipinski definition) is 4. The first-order valence-electron chi connectivity index (χ1n) is 7.70.